The van der Waals surface area contributed by atoms with Gasteiger partial charge in [0.25, 0.3) is 5.56 Å². The van der Waals surface area contributed by atoms with Crippen molar-refractivity contribution >= 4 is 5.69 Å². The van der Waals surface area contributed by atoms with Gasteiger partial charge in [-0.05, 0) is 31.4 Å². The minimum Gasteiger partial charge on any atom is -0.393 e. The topological polar surface area (TPSA) is 63.8 Å². The number of nitrogens with two attached hydrogens (primary N) is 1. The molecule has 0 unspecified atom stereocenters. The molecule has 4 heteroatoms. The van der Waals surface area contributed by atoms with Crippen molar-refractivity contribution in [3.8, 4) is 5.69 Å². The van der Waals surface area contributed by atoms with E-state index in [1.165, 1.54) is 0 Å². The van der Waals surface area contributed by atoms with E-state index in [4.69, 9.17) is 5.73 Å². The van der Waals surface area contributed by atoms with Crippen molar-refractivity contribution < 1.29 is 0 Å². The van der Waals surface area contributed by atoms with Crippen LogP contribution in [0.3, 0.4) is 0 Å². The second-order valence-electron chi connectivity index (χ2n) is 4.64. The van der Waals surface area contributed by atoms with Gasteiger partial charge in [-0.15, -0.1) is 0 Å². The van der Waals surface area contributed by atoms with Crippen LogP contribution in [0, 0.1) is 6.92 Å². The second kappa shape index (κ2) is 3.52. The van der Waals surface area contributed by atoms with Crippen molar-refractivity contribution in [2.24, 2.45) is 0 Å². The maximum Gasteiger partial charge on any atom is 0.294 e. The molecule has 0 spiro atoms. The first kappa shape index (κ1) is 10.2. The van der Waals surface area contributed by atoms with Crippen molar-refractivity contribution in [2.75, 3.05) is 5.73 Å². The maximum atomic E-state index is 12.1. The molecule has 0 aliphatic heterocycles. The van der Waals surface area contributed by atoms with E-state index in [1.54, 1.807) is 4.68 Å². The van der Waals surface area contributed by atoms with E-state index >= 15 is 0 Å². The lowest BCUT2D eigenvalue weighted by atomic mass is 10.2. The van der Waals surface area contributed by atoms with Crippen LogP contribution in [-0.2, 0) is 0 Å². The lowest BCUT2D eigenvalue weighted by Gasteiger charge is -2.04. The molecule has 0 radical (unpaired) electrons. The summed E-state index contributed by atoms with van der Waals surface area (Å²) >= 11 is 0. The molecule has 3 N–H and O–H groups in total. The summed E-state index contributed by atoms with van der Waals surface area (Å²) in [5, 5.41) is 3.15. The van der Waals surface area contributed by atoms with Gasteiger partial charge in [-0.25, -0.2) is 4.68 Å². The zero-order valence-corrected chi connectivity index (χ0v) is 9.73. The highest BCUT2D eigenvalue weighted by Gasteiger charge is 2.29. The number of nitrogens with zero attached hydrogens (tertiary/aromatic N) is 1. The second-order valence-corrected chi connectivity index (χ2v) is 4.64. The van der Waals surface area contributed by atoms with Crippen molar-refractivity contribution in [3.05, 3.63) is 45.9 Å². The fourth-order valence-corrected chi connectivity index (χ4v) is 2.13. The van der Waals surface area contributed by atoms with Gasteiger partial charge in [0.05, 0.1) is 11.4 Å². The van der Waals surface area contributed by atoms with Crippen LogP contribution in [-0.4, -0.2) is 9.78 Å². The molecule has 0 saturated heterocycles. The molecule has 0 atom stereocenters. The number of aromatic nitrogens is 2. The smallest absolute Gasteiger partial charge is 0.294 e. The average molecular weight is 229 g/mol. The third-order valence-electron chi connectivity index (χ3n) is 3.30. The molecule has 4 nitrogen and oxygen atoms in total. The molecule has 1 aliphatic rings. The summed E-state index contributed by atoms with van der Waals surface area (Å²) in [6, 6.07) is 7.78. The summed E-state index contributed by atoms with van der Waals surface area (Å²) in [6.07, 6.45) is 2.25. The Morgan fingerprint density at radius 2 is 2.06 bits per heavy atom. The number of nitrogen functional groups attached to an aromatic ring is 1. The fourth-order valence-electron chi connectivity index (χ4n) is 2.13. The normalized spacial score (nSPS) is 15.1. The maximum absolute atomic E-state index is 12.1. The van der Waals surface area contributed by atoms with Crippen LogP contribution in [0.1, 0.15) is 30.0 Å². The van der Waals surface area contributed by atoms with Gasteiger partial charge >= 0.3 is 0 Å². The Kier molecular flexibility index (Phi) is 2.11. The van der Waals surface area contributed by atoms with Crippen LogP contribution in [0.5, 0.6) is 0 Å². The summed E-state index contributed by atoms with van der Waals surface area (Å²) in [6.45, 7) is 1.98. The first-order chi connectivity index (χ1) is 8.18. The number of rotatable bonds is 2. The van der Waals surface area contributed by atoms with Gasteiger partial charge in [0, 0.05) is 5.92 Å². The van der Waals surface area contributed by atoms with Crippen LogP contribution in [0.2, 0.25) is 0 Å². The van der Waals surface area contributed by atoms with Crippen molar-refractivity contribution in [3.63, 3.8) is 0 Å². The highest BCUT2D eigenvalue weighted by atomic mass is 16.1. The first-order valence-electron chi connectivity index (χ1n) is 5.85. The molecule has 17 heavy (non-hydrogen) atoms. The molecular weight excluding hydrogens is 214 g/mol. The van der Waals surface area contributed by atoms with E-state index in [9.17, 15) is 4.79 Å². The average Bonchev–Trinajstić information content (AvgIpc) is 3.11. The third kappa shape index (κ3) is 1.56. The van der Waals surface area contributed by atoms with Gasteiger partial charge in [-0.2, -0.15) is 0 Å². The van der Waals surface area contributed by atoms with E-state index in [0.717, 1.165) is 29.8 Å². The van der Waals surface area contributed by atoms with Crippen molar-refractivity contribution in [2.45, 2.75) is 25.7 Å². The lowest BCUT2D eigenvalue weighted by Crippen LogP contribution is -2.17. The molecule has 3 rings (SSSR count). The van der Waals surface area contributed by atoms with Gasteiger partial charge in [-0.1, -0.05) is 18.2 Å². The fraction of sp³-hybridized carbons (Fsp3) is 0.308. The van der Waals surface area contributed by atoms with Gasteiger partial charge in [0.2, 0.25) is 0 Å². The largest absolute Gasteiger partial charge is 0.393 e. The monoisotopic (exact) mass is 229 g/mol. The number of para-hydroxylation sites is 1. The minimum atomic E-state index is -0.138. The van der Waals surface area contributed by atoms with E-state index in [-0.39, 0.29) is 5.56 Å². The van der Waals surface area contributed by atoms with Gasteiger partial charge < -0.3 is 5.73 Å². The summed E-state index contributed by atoms with van der Waals surface area (Å²) in [7, 11) is 0. The van der Waals surface area contributed by atoms with E-state index in [0.29, 0.717) is 11.6 Å². The van der Waals surface area contributed by atoms with Crippen LogP contribution >= 0.6 is 0 Å². The van der Waals surface area contributed by atoms with E-state index < -0.39 is 0 Å². The molecule has 1 aromatic heterocycles. The Morgan fingerprint density at radius 3 is 2.71 bits per heavy atom. The number of anilines is 1. The zero-order chi connectivity index (χ0) is 12.0. The Morgan fingerprint density at radius 1 is 1.35 bits per heavy atom. The van der Waals surface area contributed by atoms with Gasteiger partial charge in [-0.3, -0.25) is 9.89 Å². The molecule has 2 aromatic rings. The summed E-state index contributed by atoms with van der Waals surface area (Å²) < 4.78 is 1.55. The number of aromatic amines is 1. The summed E-state index contributed by atoms with van der Waals surface area (Å²) in [4.78, 5) is 12.1. The highest BCUT2D eigenvalue weighted by molar-refractivity contribution is 5.49. The molecule has 1 heterocycles. The Balaban J connectivity index is 2.18. The van der Waals surface area contributed by atoms with Crippen LogP contribution < -0.4 is 11.3 Å². The minimum absolute atomic E-state index is 0.138. The highest BCUT2D eigenvalue weighted by Crippen LogP contribution is 2.40. The molecule has 1 aromatic carbocycles. The molecular formula is C13H15N3O. The van der Waals surface area contributed by atoms with E-state index in [2.05, 4.69) is 5.10 Å². The Hall–Kier alpha value is -1.97. The SMILES string of the molecule is Cc1ccccc1-n1[nH]c(C2CC2)c(N)c1=O. The van der Waals surface area contributed by atoms with Gasteiger partial charge in [0.15, 0.2) is 0 Å². The number of nitrogens with one attached hydrogen (secondary N) is 1. The number of hydrogen-bond donors (Lipinski definition) is 2. The molecule has 1 aliphatic carbocycles. The third-order valence-corrected chi connectivity index (χ3v) is 3.30. The molecule has 88 valence electrons. The lowest BCUT2D eigenvalue weighted by molar-refractivity contribution is 0.811. The van der Waals surface area contributed by atoms with E-state index in [1.807, 2.05) is 31.2 Å². The molecule has 0 bridgehead atoms. The van der Waals surface area contributed by atoms with Crippen LogP contribution in [0.4, 0.5) is 5.69 Å². The number of benzene rings is 1. The van der Waals surface area contributed by atoms with Crippen molar-refractivity contribution in [1.29, 1.82) is 0 Å². The van der Waals surface area contributed by atoms with Crippen LogP contribution in [0.25, 0.3) is 5.69 Å². The predicted octanol–water partition coefficient (Wildman–Crippen LogP) is 1.93. The number of aryl methyl sites for hydroxylation is 1. The number of H-pyrrole nitrogens is 1. The van der Waals surface area contributed by atoms with Crippen molar-refractivity contribution in [1.82, 2.24) is 9.78 Å². The molecule has 1 fully saturated rings. The van der Waals surface area contributed by atoms with Gasteiger partial charge in [0.1, 0.15) is 5.69 Å². The molecule has 0 amide bonds. The standard InChI is InChI=1S/C13H15N3O/c1-8-4-2-3-5-10(8)16-13(17)11(14)12(15-16)9-6-7-9/h2-5,9,15H,6-7,14H2,1H3. The summed E-state index contributed by atoms with van der Waals surface area (Å²) in [5.74, 6) is 0.452. The zero-order valence-electron chi connectivity index (χ0n) is 9.73. The Bertz CT molecular complexity index is 620. The Labute approximate surface area is 99.1 Å². The predicted molar refractivity (Wildman–Crippen MR) is 67.5 cm³/mol. The van der Waals surface area contributed by atoms with Crippen LogP contribution in [0.15, 0.2) is 29.1 Å². The summed E-state index contributed by atoms with van der Waals surface area (Å²) in [5.41, 5.74) is 8.93. The molecule has 1 saturated carbocycles. The number of hydrogen-bond acceptors (Lipinski definition) is 2. The first-order valence-corrected chi connectivity index (χ1v) is 5.85. The quantitative estimate of drug-likeness (QED) is 0.826.